The molecule has 2 fully saturated rings. The van der Waals surface area contributed by atoms with Crippen molar-refractivity contribution >= 4 is 45.1 Å². The van der Waals surface area contributed by atoms with Crippen LogP contribution in [0.3, 0.4) is 0 Å². The van der Waals surface area contributed by atoms with E-state index >= 15 is 0 Å². The molecule has 160 valence electrons. The summed E-state index contributed by atoms with van der Waals surface area (Å²) in [7, 11) is -3.49. The lowest BCUT2D eigenvalue weighted by Gasteiger charge is -2.30. The number of thioether (sulfide) groups is 2. The monoisotopic (exact) mass is 462 g/mol. The van der Waals surface area contributed by atoms with E-state index in [0.29, 0.717) is 34.8 Å². The number of rotatable bonds is 5. The molecule has 2 aliphatic heterocycles. The number of benzene rings is 2. The van der Waals surface area contributed by atoms with Crippen LogP contribution in [-0.4, -0.2) is 43.2 Å². The fourth-order valence-corrected chi connectivity index (χ4v) is 8.23. The highest BCUT2D eigenvalue weighted by Gasteiger charge is 2.28. The molecule has 0 saturated carbocycles. The maximum absolute atomic E-state index is 12.9. The Kier molecular flexibility index (Phi) is 6.77. The first-order chi connectivity index (χ1) is 14.4. The highest BCUT2D eigenvalue weighted by molar-refractivity contribution is 8.19. The number of hydrogen-bond acceptors (Lipinski definition) is 5. The van der Waals surface area contributed by atoms with E-state index < -0.39 is 10.0 Å². The summed E-state index contributed by atoms with van der Waals surface area (Å²) < 4.78 is 27.8. The molecule has 2 heterocycles. The molecule has 4 rings (SSSR count). The number of carbonyl (C=O) groups excluding carboxylic acids is 1. The van der Waals surface area contributed by atoms with Gasteiger partial charge in [0.05, 0.1) is 9.48 Å². The lowest BCUT2D eigenvalue weighted by Crippen LogP contribution is -2.39. The largest absolute Gasteiger partial charge is 0.322 e. The molecular weight excluding hydrogens is 436 g/mol. The van der Waals surface area contributed by atoms with Crippen LogP contribution in [0.4, 0.5) is 5.69 Å². The van der Waals surface area contributed by atoms with Crippen molar-refractivity contribution in [1.29, 1.82) is 0 Å². The second kappa shape index (κ2) is 9.34. The van der Waals surface area contributed by atoms with E-state index in [1.807, 2.05) is 47.8 Å². The molecule has 8 heteroatoms. The highest BCUT2D eigenvalue weighted by atomic mass is 32.2. The Bertz CT molecular complexity index is 985. The Morgan fingerprint density at radius 1 is 1.03 bits per heavy atom. The summed E-state index contributed by atoms with van der Waals surface area (Å²) in [6.07, 6.45) is 1.96. The van der Waals surface area contributed by atoms with Gasteiger partial charge < -0.3 is 5.32 Å². The van der Waals surface area contributed by atoms with E-state index in [1.165, 1.54) is 17.1 Å². The first kappa shape index (κ1) is 21.7. The van der Waals surface area contributed by atoms with E-state index in [0.717, 1.165) is 12.8 Å². The van der Waals surface area contributed by atoms with Crippen molar-refractivity contribution < 1.29 is 13.2 Å². The average molecular weight is 463 g/mol. The summed E-state index contributed by atoms with van der Waals surface area (Å²) in [5.41, 5.74) is 2.41. The van der Waals surface area contributed by atoms with Crippen molar-refractivity contribution in [2.24, 2.45) is 5.92 Å². The maximum atomic E-state index is 12.9. The van der Waals surface area contributed by atoms with Gasteiger partial charge in [0.15, 0.2) is 0 Å². The molecule has 0 spiro atoms. The topological polar surface area (TPSA) is 66.5 Å². The maximum Gasteiger partial charge on any atom is 0.255 e. The third-order valence-corrected chi connectivity index (χ3v) is 10.4. The minimum Gasteiger partial charge on any atom is -0.322 e. The summed E-state index contributed by atoms with van der Waals surface area (Å²) >= 11 is 3.87. The van der Waals surface area contributed by atoms with Crippen molar-refractivity contribution in [3.05, 3.63) is 59.7 Å². The SMILES string of the molecule is CC1CCCN(S(=O)(=O)c2ccc(NC(=O)c3ccc(C4SCCS4)cc3)cc2)C1. The zero-order chi connectivity index (χ0) is 21.1. The van der Waals surface area contributed by atoms with Gasteiger partial charge in [-0.05, 0) is 60.7 Å². The van der Waals surface area contributed by atoms with Crippen LogP contribution in [0.2, 0.25) is 0 Å². The number of piperidine rings is 1. The molecular formula is C22H26N2O3S3. The Balaban J connectivity index is 1.41. The van der Waals surface area contributed by atoms with Gasteiger partial charge in [-0.1, -0.05) is 19.1 Å². The molecule has 30 heavy (non-hydrogen) atoms. The standard InChI is InChI=1S/C22H26N2O3S3/c1-16-3-2-12-24(15-16)30(26,27)20-10-8-19(9-11-20)23-21(25)17-4-6-18(7-5-17)22-28-13-14-29-22/h4-11,16,22H,2-3,12-15H2,1H3,(H,23,25). The van der Waals surface area contributed by atoms with Crippen LogP contribution in [0.25, 0.3) is 0 Å². The predicted octanol–water partition coefficient (Wildman–Crippen LogP) is 4.84. The van der Waals surface area contributed by atoms with Crippen molar-refractivity contribution in [3.63, 3.8) is 0 Å². The minimum atomic E-state index is -3.49. The van der Waals surface area contributed by atoms with Gasteiger partial charge in [0.25, 0.3) is 5.91 Å². The van der Waals surface area contributed by atoms with Crippen LogP contribution in [0, 0.1) is 5.92 Å². The molecule has 1 atom stereocenters. The van der Waals surface area contributed by atoms with Crippen LogP contribution >= 0.6 is 23.5 Å². The third-order valence-electron chi connectivity index (χ3n) is 5.44. The fourth-order valence-electron chi connectivity index (χ4n) is 3.77. The molecule has 0 aliphatic carbocycles. The van der Waals surface area contributed by atoms with Gasteiger partial charge in [0.1, 0.15) is 0 Å². The first-order valence-electron chi connectivity index (χ1n) is 10.2. The first-order valence-corrected chi connectivity index (χ1v) is 13.7. The Hall–Kier alpha value is -1.48. The molecule has 0 bridgehead atoms. The van der Waals surface area contributed by atoms with E-state index in [9.17, 15) is 13.2 Å². The van der Waals surface area contributed by atoms with Crippen LogP contribution in [0.15, 0.2) is 53.4 Å². The lowest BCUT2D eigenvalue weighted by atomic mass is 10.0. The Labute approximate surface area is 187 Å². The van der Waals surface area contributed by atoms with E-state index in [2.05, 4.69) is 12.2 Å². The molecule has 1 amide bonds. The molecule has 2 aliphatic rings. The van der Waals surface area contributed by atoms with Gasteiger partial charge in [-0.3, -0.25) is 4.79 Å². The molecule has 2 aromatic rings. The quantitative estimate of drug-likeness (QED) is 0.689. The van der Waals surface area contributed by atoms with Gasteiger partial charge in [0.2, 0.25) is 10.0 Å². The number of nitrogens with one attached hydrogen (secondary N) is 1. The molecule has 2 aromatic carbocycles. The third kappa shape index (κ3) is 4.88. The number of amides is 1. The van der Waals surface area contributed by atoms with Gasteiger partial charge >= 0.3 is 0 Å². The molecule has 1 N–H and O–H groups in total. The number of nitrogens with zero attached hydrogens (tertiary/aromatic N) is 1. The second-order valence-corrected chi connectivity index (χ2v) is 12.4. The normalized spacial score (nSPS) is 20.9. The zero-order valence-corrected chi connectivity index (χ0v) is 19.4. The number of sulfonamides is 1. The van der Waals surface area contributed by atoms with Crippen LogP contribution in [0.1, 0.15) is 40.3 Å². The summed E-state index contributed by atoms with van der Waals surface area (Å²) in [5.74, 6) is 2.51. The van der Waals surface area contributed by atoms with Gasteiger partial charge in [-0.25, -0.2) is 8.42 Å². The van der Waals surface area contributed by atoms with Crippen molar-refractivity contribution in [3.8, 4) is 0 Å². The smallest absolute Gasteiger partial charge is 0.255 e. The molecule has 5 nitrogen and oxygen atoms in total. The summed E-state index contributed by atoms with van der Waals surface area (Å²) in [6, 6.07) is 14.2. The second-order valence-electron chi connectivity index (χ2n) is 7.78. The molecule has 0 aromatic heterocycles. The van der Waals surface area contributed by atoms with Crippen molar-refractivity contribution in [1.82, 2.24) is 4.31 Å². The minimum absolute atomic E-state index is 0.200. The van der Waals surface area contributed by atoms with E-state index in [-0.39, 0.29) is 10.8 Å². The molecule has 0 radical (unpaired) electrons. The summed E-state index contributed by atoms with van der Waals surface area (Å²) in [6.45, 7) is 3.21. The van der Waals surface area contributed by atoms with Gasteiger partial charge in [0, 0.05) is 35.8 Å². The Morgan fingerprint density at radius 3 is 2.33 bits per heavy atom. The fraction of sp³-hybridized carbons (Fsp3) is 0.409. The lowest BCUT2D eigenvalue weighted by molar-refractivity contribution is 0.102. The molecule has 1 unspecified atom stereocenters. The van der Waals surface area contributed by atoms with E-state index in [1.54, 1.807) is 28.6 Å². The zero-order valence-electron chi connectivity index (χ0n) is 16.9. The number of hydrogen-bond donors (Lipinski definition) is 1. The highest BCUT2D eigenvalue weighted by Crippen LogP contribution is 2.45. The van der Waals surface area contributed by atoms with E-state index in [4.69, 9.17) is 0 Å². The predicted molar refractivity (Wildman–Crippen MR) is 126 cm³/mol. The number of carbonyl (C=O) groups is 1. The van der Waals surface area contributed by atoms with Crippen molar-refractivity contribution in [2.75, 3.05) is 29.9 Å². The van der Waals surface area contributed by atoms with Gasteiger partial charge in [-0.2, -0.15) is 4.31 Å². The van der Waals surface area contributed by atoms with Gasteiger partial charge in [-0.15, -0.1) is 23.5 Å². The molecule has 2 saturated heterocycles. The number of anilines is 1. The summed E-state index contributed by atoms with van der Waals surface area (Å²) in [5, 5.41) is 2.85. The summed E-state index contributed by atoms with van der Waals surface area (Å²) in [4.78, 5) is 12.8. The van der Waals surface area contributed by atoms with Crippen LogP contribution in [-0.2, 0) is 10.0 Å². The van der Waals surface area contributed by atoms with Crippen LogP contribution < -0.4 is 5.32 Å². The Morgan fingerprint density at radius 2 is 1.70 bits per heavy atom. The average Bonchev–Trinajstić information content (AvgIpc) is 3.29. The van der Waals surface area contributed by atoms with Crippen LogP contribution in [0.5, 0.6) is 0 Å². The van der Waals surface area contributed by atoms with Crippen molar-refractivity contribution in [2.45, 2.75) is 29.2 Å².